The quantitative estimate of drug-likeness (QED) is 0.723. The molecule has 88 valence electrons. The van der Waals surface area contributed by atoms with E-state index < -0.39 is 5.60 Å². The second kappa shape index (κ2) is 4.39. The standard InChI is InChI=1S/C11H22N2O2/c1-8(2)9-6-12-7-13(9)10(14)15-11(3,4)5/h8-9,12H,6-7H2,1-5H3. The SMILES string of the molecule is CC(C)C1CNCN1C(=O)OC(C)(C)C. The van der Waals surface area contributed by atoms with Gasteiger partial charge in [0.05, 0.1) is 12.7 Å². The van der Waals surface area contributed by atoms with Crippen LogP contribution >= 0.6 is 0 Å². The Bertz CT molecular complexity index is 233. The summed E-state index contributed by atoms with van der Waals surface area (Å²) in [6, 6.07) is 0.250. The molecule has 4 heteroatoms. The van der Waals surface area contributed by atoms with Gasteiger partial charge >= 0.3 is 6.09 Å². The van der Waals surface area contributed by atoms with Gasteiger partial charge in [-0.2, -0.15) is 0 Å². The van der Waals surface area contributed by atoms with Gasteiger partial charge < -0.3 is 4.74 Å². The smallest absolute Gasteiger partial charge is 0.411 e. The zero-order valence-corrected chi connectivity index (χ0v) is 10.3. The molecule has 0 aromatic heterocycles. The molecule has 1 saturated heterocycles. The van der Waals surface area contributed by atoms with Crippen molar-refractivity contribution in [3.8, 4) is 0 Å². The van der Waals surface area contributed by atoms with Crippen LogP contribution in [0.5, 0.6) is 0 Å². The first-order chi connectivity index (χ1) is 6.81. The summed E-state index contributed by atoms with van der Waals surface area (Å²) in [5.41, 5.74) is -0.415. The Hall–Kier alpha value is -0.770. The van der Waals surface area contributed by atoms with Crippen molar-refractivity contribution >= 4 is 6.09 Å². The second-order valence-corrected chi connectivity index (χ2v) is 5.37. The van der Waals surface area contributed by atoms with E-state index in [2.05, 4.69) is 19.2 Å². The first-order valence-electron chi connectivity index (χ1n) is 5.51. The third-order valence-electron chi connectivity index (χ3n) is 2.43. The summed E-state index contributed by atoms with van der Waals surface area (Å²) in [5.74, 6) is 0.451. The Labute approximate surface area is 92.0 Å². The predicted octanol–water partition coefficient (Wildman–Crippen LogP) is 1.81. The summed E-state index contributed by atoms with van der Waals surface area (Å²) in [6.07, 6.45) is -0.216. The van der Waals surface area contributed by atoms with Crippen molar-refractivity contribution in [3.63, 3.8) is 0 Å². The van der Waals surface area contributed by atoms with Crippen LogP contribution in [0.4, 0.5) is 4.79 Å². The Morgan fingerprint density at radius 2 is 2.07 bits per heavy atom. The van der Waals surface area contributed by atoms with Gasteiger partial charge in [-0.3, -0.25) is 10.2 Å². The van der Waals surface area contributed by atoms with E-state index in [0.29, 0.717) is 12.6 Å². The number of ether oxygens (including phenoxy) is 1. The minimum Gasteiger partial charge on any atom is -0.444 e. The van der Waals surface area contributed by atoms with E-state index in [1.807, 2.05) is 20.8 Å². The summed E-state index contributed by atoms with van der Waals surface area (Å²) in [7, 11) is 0. The molecule has 1 aliphatic rings. The van der Waals surface area contributed by atoms with Crippen LogP contribution in [0.2, 0.25) is 0 Å². The van der Waals surface area contributed by atoms with Gasteiger partial charge in [-0.1, -0.05) is 13.8 Å². The summed E-state index contributed by atoms with van der Waals surface area (Å²) in [4.78, 5) is 13.6. The first kappa shape index (κ1) is 12.3. The van der Waals surface area contributed by atoms with E-state index in [-0.39, 0.29) is 12.1 Å². The molecule has 0 saturated carbocycles. The van der Waals surface area contributed by atoms with E-state index in [1.165, 1.54) is 0 Å². The fourth-order valence-corrected chi connectivity index (χ4v) is 1.68. The number of nitrogens with zero attached hydrogens (tertiary/aromatic N) is 1. The minimum absolute atomic E-state index is 0.216. The predicted molar refractivity (Wildman–Crippen MR) is 59.6 cm³/mol. The van der Waals surface area contributed by atoms with Crippen LogP contribution in [0, 0.1) is 5.92 Å². The van der Waals surface area contributed by atoms with Crippen LogP contribution in [0.3, 0.4) is 0 Å². The van der Waals surface area contributed by atoms with E-state index in [0.717, 1.165) is 6.54 Å². The van der Waals surface area contributed by atoms with Gasteiger partial charge in [0.15, 0.2) is 0 Å². The molecule has 0 aliphatic carbocycles. The topological polar surface area (TPSA) is 41.6 Å². The minimum atomic E-state index is -0.415. The van der Waals surface area contributed by atoms with Crippen LogP contribution < -0.4 is 5.32 Å². The largest absolute Gasteiger partial charge is 0.444 e. The summed E-state index contributed by atoms with van der Waals surface area (Å²) in [5, 5.41) is 3.20. The molecule has 1 heterocycles. The lowest BCUT2D eigenvalue weighted by Crippen LogP contribution is -2.42. The fraction of sp³-hybridized carbons (Fsp3) is 0.909. The average Bonchev–Trinajstić information content (AvgIpc) is 2.47. The highest BCUT2D eigenvalue weighted by Gasteiger charge is 2.33. The van der Waals surface area contributed by atoms with Crippen molar-refractivity contribution in [2.24, 2.45) is 5.92 Å². The van der Waals surface area contributed by atoms with Crippen LogP contribution in [0.15, 0.2) is 0 Å². The highest BCUT2D eigenvalue weighted by atomic mass is 16.6. The van der Waals surface area contributed by atoms with Crippen molar-refractivity contribution in [2.45, 2.75) is 46.3 Å². The Kier molecular flexibility index (Phi) is 3.60. The highest BCUT2D eigenvalue weighted by molar-refractivity contribution is 5.69. The van der Waals surface area contributed by atoms with Crippen molar-refractivity contribution in [1.29, 1.82) is 0 Å². The van der Waals surface area contributed by atoms with Gasteiger partial charge in [-0.05, 0) is 26.7 Å². The summed E-state index contributed by atoms with van der Waals surface area (Å²) in [6.45, 7) is 11.4. The van der Waals surface area contributed by atoms with Gasteiger partial charge in [0.2, 0.25) is 0 Å². The van der Waals surface area contributed by atoms with Gasteiger partial charge in [-0.25, -0.2) is 4.79 Å². The van der Waals surface area contributed by atoms with Gasteiger partial charge in [0, 0.05) is 6.54 Å². The normalized spacial score (nSPS) is 22.3. The lowest BCUT2D eigenvalue weighted by molar-refractivity contribution is 0.0194. The molecule has 0 radical (unpaired) electrons. The molecule has 4 nitrogen and oxygen atoms in total. The molecule has 0 aromatic carbocycles. The molecule has 0 bridgehead atoms. The molecule has 1 aliphatic heterocycles. The van der Waals surface area contributed by atoms with Crippen molar-refractivity contribution in [1.82, 2.24) is 10.2 Å². The highest BCUT2D eigenvalue weighted by Crippen LogP contribution is 2.18. The van der Waals surface area contributed by atoms with Crippen LogP contribution in [0.25, 0.3) is 0 Å². The van der Waals surface area contributed by atoms with Crippen LogP contribution in [-0.4, -0.2) is 35.8 Å². The van der Waals surface area contributed by atoms with E-state index in [1.54, 1.807) is 4.90 Å². The number of hydrogen-bond acceptors (Lipinski definition) is 3. The number of hydrogen-bond donors (Lipinski definition) is 1. The zero-order chi connectivity index (χ0) is 11.6. The third kappa shape index (κ3) is 3.38. The number of carbonyl (C=O) groups is 1. The molecule has 1 fully saturated rings. The van der Waals surface area contributed by atoms with Crippen LogP contribution in [-0.2, 0) is 4.74 Å². The second-order valence-electron chi connectivity index (χ2n) is 5.37. The molecule has 0 spiro atoms. The van der Waals surface area contributed by atoms with E-state index in [9.17, 15) is 4.79 Å². The number of nitrogens with one attached hydrogen (secondary N) is 1. The number of rotatable bonds is 1. The van der Waals surface area contributed by atoms with Gasteiger partial charge in [0.1, 0.15) is 5.60 Å². The monoisotopic (exact) mass is 214 g/mol. The molecule has 1 unspecified atom stereocenters. The van der Waals surface area contributed by atoms with Crippen LogP contribution in [0.1, 0.15) is 34.6 Å². The lowest BCUT2D eigenvalue weighted by atomic mass is 10.0. The molecule has 1 rings (SSSR count). The molecular weight excluding hydrogens is 192 g/mol. The van der Waals surface area contributed by atoms with E-state index in [4.69, 9.17) is 4.74 Å². The number of carbonyl (C=O) groups excluding carboxylic acids is 1. The molecular formula is C11H22N2O2. The number of amides is 1. The average molecular weight is 214 g/mol. The molecule has 1 N–H and O–H groups in total. The Morgan fingerprint density at radius 1 is 1.47 bits per heavy atom. The maximum Gasteiger partial charge on any atom is 0.411 e. The van der Waals surface area contributed by atoms with Crippen molar-refractivity contribution in [2.75, 3.05) is 13.2 Å². The molecule has 15 heavy (non-hydrogen) atoms. The van der Waals surface area contributed by atoms with Crippen molar-refractivity contribution in [3.05, 3.63) is 0 Å². The molecule has 1 amide bonds. The zero-order valence-electron chi connectivity index (χ0n) is 10.3. The first-order valence-corrected chi connectivity index (χ1v) is 5.51. The maximum atomic E-state index is 11.8. The maximum absolute atomic E-state index is 11.8. The lowest BCUT2D eigenvalue weighted by Gasteiger charge is -2.29. The van der Waals surface area contributed by atoms with Crippen molar-refractivity contribution < 1.29 is 9.53 Å². The Balaban J connectivity index is 2.59. The summed E-state index contributed by atoms with van der Waals surface area (Å²) >= 11 is 0. The van der Waals surface area contributed by atoms with E-state index >= 15 is 0 Å². The van der Waals surface area contributed by atoms with Gasteiger partial charge in [0.25, 0.3) is 0 Å². The molecule has 1 atom stereocenters. The third-order valence-corrected chi connectivity index (χ3v) is 2.43. The van der Waals surface area contributed by atoms with Gasteiger partial charge in [-0.15, -0.1) is 0 Å². The molecule has 0 aromatic rings. The Morgan fingerprint density at radius 3 is 2.53 bits per heavy atom. The fourth-order valence-electron chi connectivity index (χ4n) is 1.68. The summed E-state index contributed by atoms with van der Waals surface area (Å²) < 4.78 is 5.35.